The number of aliphatic hydroxyl groups is 1. The molecule has 0 aliphatic heterocycles. The van der Waals surface area contributed by atoms with Gasteiger partial charge in [-0.3, -0.25) is 14.9 Å². The van der Waals surface area contributed by atoms with Gasteiger partial charge in [-0.2, -0.15) is 0 Å². The van der Waals surface area contributed by atoms with Crippen molar-refractivity contribution in [3.8, 4) is 11.1 Å². The van der Waals surface area contributed by atoms with E-state index >= 15 is 0 Å². The maximum atomic E-state index is 13.2. The minimum atomic E-state index is -4.45. The summed E-state index contributed by atoms with van der Waals surface area (Å²) >= 11 is 1.51. The number of hydrogen-bond acceptors (Lipinski definition) is 8. The van der Waals surface area contributed by atoms with Crippen LogP contribution in [0.2, 0.25) is 0 Å². The molecular weight excluding hydrogens is 569 g/mol. The number of halogens is 1. The van der Waals surface area contributed by atoms with E-state index in [9.17, 15) is 32.8 Å². The Morgan fingerprint density at radius 2 is 1.59 bits per heavy atom. The molecule has 0 spiro atoms. The lowest BCUT2D eigenvalue weighted by Crippen LogP contribution is -2.30. The van der Waals surface area contributed by atoms with Crippen molar-refractivity contribution in [1.82, 2.24) is 4.72 Å². The second-order valence-corrected chi connectivity index (χ2v) is 11.7. The van der Waals surface area contributed by atoms with Crippen molar-refractivity contribution in [2.45, 2.75) is 22.3 Å². The number of aliphatic hydroxyl groups excluding tert-OH is 1. The van der Waals surface area contributed by atoms with Gasteiger partial charge in [-0.25, -0.2) is 17.5 Å². The summed E-state index contributed by atoms with van der Waals surface area (Å²) in [4.78, 5) is 24.4. The predicted octanol–water partition coefficient (Wildman–Crippen LogP) is 5.47. The maximum absolute atomic E-state index is 13.2. The van der Waals surface area contributed by atoms with Gasteiger partial charge in [0.15, 0.2) is 0 Å². The van der Waals surface area contributed by atoms with Crippen molar-refractivity contribution >= 4 is 39.1 Å². The molecule has 0 heterocycles. The number of nitro groups is 1. The second kappa shape index (κ2) is 13.4. The number of nitrogens with one attached hydrogen (secondary N) is 2. The zero-order valence-electron chi connectivity index (χ0n) is 21.6. The number of sulfonamides is 1. The average Bonchev–Trinajstić information content (AvgIpc) is 2.97. The Morgan fingerprint density at radius 1 is 0.951 bits per heavy atom. The number of thioether (sulfide) groups is 1. The van der Waals surface area contributed by atoms with Gasteiger partial charge in [0.05, 0.1) is 9.82 Å². The molecule has 1 unspecified atom stereocenters. The molecule has 1 amide bonds. The number of hydrogen-bond donors (Lipinski definition) is 3. The summed E-state index contributed by atoms with van der Waals surface area (Å²) in [5, 5.41) is 24.4. The second-order valence-electron chi connectivity index (χ2n) is 8.93. The van der Waals surface area contributed by atoms with Crippen molar-refractivity contribution in [2.24, 2.45) is 0 Å². The van der Waals surface area contributed by atoms with E-state index < -0.39 is 31.4 Å². The summed E-state index contributed by atoms with van der Waals surface area (Å²) in [7, 11) is -4.45. The molecule has 0 fully saturated rings. The van der Waals surface area contributed by atoms with Gasteiger partial charge in [0.2, 0.25) is 0 Å². The highest BCUT2D eigenvalue weighted by Crippen LogP contribution is 2.30. The highest BCUT2D eigenvalue weighted by molar-refractivity contribution is 7.99. The molecule has 0 bridgehead atoms. The minimum absolute atomic E-state index is 0.0509. The first kappa shape index (κ1) is 29.7. The van der Waals surface area contributed by atoms with E-state index in [-0.39, 0.29) is 29.7 Å². The first-order valence-electron chi connectivity index (χ1n) is 12.4. The number of nitrogens with zero attached hydrogens (tertiary/aromatic N) is 1. The quantitative estimate of drug-likeness (QED) is 0.111. The van der Waals surface area contributed by atoms with Crippen LogP contribution in [-0.2, 0) is 10.0 Å². The normalized spacial score (nSPS) is 12.0. The van der Waals surface area contributed by atoms with Gasteiger partial charge in [-0.15, -0.1) is 11.8 Å². The van der Waals surface area contributed by atoms with Gasteiger partial charge in [-0.1, -0.05) is 42.5 Å². The Labute approximate surface area is 240 Å². The molecule has 4 aromatic carbocycles. The van der Waals surface area contributed by atoms with Crippen LogP contribution in [0.1, 0.15) is 16.8 Å². The van der Waals surface area contributed by atoms with Crippen LogP contribution in [0.25, 0.3) is 11.1 Å². The number of carbonyl (C=O) groups excluding carboxylic acids is 1. The highest BCUT2D eigenvalue weighted by Gasteiger charge is 2.25. The topological polar surface area (TPSA) is 139 Å². The summed E-state index contributed by atoms with van der Waals surface area (Å²) in [6.07, 6.45) is 0.313. The number of carbonyl (C=O) groups is 1. The third-order valence-corrected chi connectivity index (χ3v) is 8.56. The van der Waals surface area contributed by atoms with Gasteiger partial charge in [-0.05, 0) is 66.1 Å². The lowest BCUT2D eigenvalue weighted by Gasteiger charge is -2.19. The van der Waals surface area contributed by atoms with Crippen LogP contribution in [0, 0.1) is 15.9 Å². The van der Waals surface area contributed by atoms with Crippen LogP contribution in [0.5, 0.6) is 0 Å². The Morgan fingerprint density at radius 3 is 2.20 bits per heavy atom. The molecule has 212 valence electrons. The van der Waals surface area contributed by atoms with Gasteiger partial charge in [0.1, 0.15) is 11.5 Å². The van der Waals surface area contributed by atoms with Crippen molar-refractivity contribution in [3.05, 3.63) is 119 Å². The Hall–Kier alpha value is -4.26. The summed E-state index contributed by atoms with van der Waals surface area (Å²) in [5.41, 5.74) is 1.06. The molecule has 4 aromatic rings. The first-order valence-corrected chi connectivity index (χ1v) is 14.9. The molecule has 0 aliphatic carbocycles. The average molecular weight is 596 g/mol. The molecule has 0 aliphatic rings. The molecule has 0 radical (unpaired) electrons. The van der Waals surface area contributed by atoms with Gasteiger partial charge in [0.25, 0.3) is 21.6 Å². The first-order chi connectivity index (χ1) is 19.7. The monoisotopic (exact) mass is 595 g/mol. The SMILES string of the molecule is O=C(NS(=O)(=O)c1ccc(NC(CCO)CSc2ccccc2)c([N+](=O)[O-])c1)c1ccc(-c2ccc(F)cc2)cc1. The van der Waals surface area contributed by atoms with Crippen molar-refractivity contribution in [1.29, 1.82) is 0 Å². The van der Waals surface area contributed by atoms with E-state index in [1.807, 2.05) is 35.1 Å². The molecule has 12 heteroatoms. The van der Waals surface area contributed by atoms with Gasteiger partial charge >= 0.3 is 0 Å². The number of anilines is 1. The van der Waals surface area contributed by atoms with Crippen LogP contribution in [0.3, 0.4) is 0 Å². The van der Waals surface area contributed by atoms with Crippen molar-refractivity contribution < 1.29 is 27.6 Å². The smallest absolute Gasteiger partial charge is 0.293 e. The van der Waals surface area contributed by atoms with Crippen LogP contribution in [0.4, 0.5) is 15.8 Å². The molecule has 3 N–H and O–H groups in total. The van der Waals surface area contributed by atoms with Crippen LogP contribution < -0.4 is 10.0 Å². The minimum Gasteiger partial charge on any atom is -0.396 e. The van der Waals surface area contributed by atoms with E-state index in [1.165, 1.54) is 48.2 Å². The van der Waals surface area contributed by atoms with Crippen molar-refractivity contribution in [2.75, 3.05) is 17.7 Å². The molecular formula is C29H26FN3O6S2. The Kier molecular flexibility index (Phi) is 9.71. The largest absolute Gasteiger partial charge is 0.396 e. The van der Waals surface area contributed by atoms with Crippen molar-refractivity contribution in [3.63, 3.8) is 0 Å². The lowest BCUT2D eigenvalue weighted by molar-refractivity contribution is -0.384. The number of nitro benzene ring substituents is 1. The Balaban J connectivity index is 1.48. The standard InChI is InChI=1S/C29H26FN3O6S2/c30-23-12-10-21(11-13-23)20-6-8-22(9-7-20)29(35)32-41(38,39)26-14-15-27(28(18-26)33(36)37)31-24(16-17-34)19-40-25-4-2-1-3-5-25/h1-15,18,24,31,34H,16-17,19H2,(H,32,35). The third-order valence-electron chi connectivity index (χ3n) is 6.06. The van der Waals surface area contributed by atoms with E-state index in [0.717, 1.165) is 11.0 Å². The molecule has 0 saturated carbocycles. The molecule has 41 heavy (non-hydrogen) atoms. The lowest BCUT2D eigenvalue weighted by atomic mass is 10.0. The van der Waals surface area contributed by atoms with Crippen LogP contribution in [0.15, 0.2) is 107 Å². The molecule has 4 rings (SSSR count). The third kappa shape index (κ3) is 7.91. The molecule has 1 atom stereocenters. The Bertz CT molecular complexity index is 1620. The fourth-order valence-electron chi connectivity index (χ4n) is 3.93. The summed E-state index contributed by atoms with van der Waals surface area (Å²) in [5.74, 6) is -0.801. The maximum Gasteiger partial charge on any atom is 0.293 e. The summed E-state index contributed by atoms with van der Waals surface area (Å²) in [6.45, 7) is -0.149. The summed E-state index contributed by atoms with van der Waals surface area (Å²) in [6, 6.07) is 24.3. The van der Waals surface area contributed by atoms with Crippen LogP contribution >= 0.6 is 11.8 Å². The number of amides is 1. The molecule has 0 saturated heterocycles. The van der Waals surface area contributed by atoms with Gasteiger partial charge < -0.3 is 10.4 Å². The molecule has 0 aromatic heterocycles. The van der Waals surface area contributed by atoms with E-state index in [1.54, 1.807) is 24.3 Å². The van der Waals surface area contributed by atoms with E-state index in [0.29, 0.717) is 23.3 Å². The predicted molar refractivity (Wildman–Crippen MR) is 156 cm³/mol. The van der Waals surface area contributed by atoms with E-state index in [2.05, 4.69) is 5.32 Å². The number of rotatable bonds is 12. The van der Waals surface area contributed by atoms with Crippen LogP contribution in [-0.4, -0.2) is 42.8 Å². The van der Waals surface area contributed by atoms with E-state index in [4.69, 9.17) is 0 Å². The fourth-order valence-corrected chi connectivity index (χ4v) is 5.92. The fraction of sp³-hybridized carbons (Fsp3) is 0.138. The summed E-state index contributed by atoms with van der Waals surface area (Å²) < 4.78 is 41.0. The molecule has 9 nitrogen and oxygen atoms in total. The zero-order valence-corrected chi connectivity index (χ0v) is 23.2. The number of benzene rings is 4. The zero-order chi connectivity index (χ0) is 29.4. The van der Waals surface area contributed by atoms with Gasteiger partial charge in [0, 0.05) is 34.9 Å². The highest BCUT2D eigenvalue weighted by atomic mass is 32.2.